The van der Waals surface area contributed by atoms with Crippen LogP contribution < -0.4 is 0 Å². The zero-order chi connectivity index (χ0) is 15.5. The lowest BCUT2D eigenvalue weighted by atomic mass is 10.1. The average molecular weight is 319 g/mol. The fourth-order valence-corrected chi connectivity index (χ4v) is 3.50. The summed E-state index contributed by atoms with van der Waals surface area (Å²) in [4.78, 5) is 6.60. The van der Waals surface area contributed by atoms with E-state index >= 15 is 0 Å². The van der Waals surface area contributed by atoms with E-state index in [1.54, 1.807) is 17.8 Å². The SMILES string of the molecule is C/N=C(\SC)N1CCC[C@@H]1c1cc(-c2cccc(F)c2)on1. The quantitative estimate of drug-likeness (QED) is 0.620. The first-order valence-corrected chi connectivity index (χ1v) is 8.45. The van der Waals surface area contributed by atoms with Crippen LogP contribution in [-0.2, 0) is 0 Å². The summed E-state index contributed by atoms with van der Waals surface area (Å²) in [6.45, 7) is 0.973. The fraction of sp³-hybridized carbons (Fsp3) is 0.375. The van der Waals surface area contributed by atoms with Gasteiger partial charge in [-0.15, -0.1) is 0 Å². The molecule has 0 unspecified atom stereocenters. The third-order valence-corrected chi connectivity index (χ3v) is 4.63. The van der Waals surface area contributed by atoms with Crippen LogP contribution in [0.2, 0.25) is 0 Å². The first kappa shape index (κ1) is 15.1. The van der Waals surface area contributed by atoms with Gasteiger partial charge in [0.25, 0.3) is 0 Å². The van der Waals surface area contributed by atoms with Gasteiger partial charge < -0.3 is 9.42 Å². The number of rotatable bonds is 2. The summed E-state index contributed by atoms with van der Waals surface area (Å²) in [6, 6.07) is 8.45. The third kappa shape index (κ3) is 2.88. The Morgan fingerprint density at radius 1 is 1.45 bits per heavy atom. The lowest BCUT2D eigenvalue weighted by molar-refractivity contribution is 0.362. The molecule has 1 aliphatic heterocycles. The summed E-state index contributed by atoms with van der Waals surface area (Å²) in [5.41, 5.74) is 1.59. The molecular formula is C16H18FN3OS. The van der Waals surface area contributed by atoms with E-state index in [2.05, 4.69) is 15.0 Å². The van der Waals surface area contributed by atoms with E-state index < -0.39 is 0 Å². The molecule has 1 aromatic heterocycles. The largest absolute Gasteiger partial charge is 0.356 e. The highest BCUT2D eigenvalue weighted by atomic mass is 32.2. The van der Waals surface area contributed by atoms with Gasteiger partial charge in [-0.05, 0) is 31.2 Å². The Kier molecular flexibility index (Phi) is 4.47. The Bertz CT molecular complexity index is 686. The number of benzene rings is 1. The van der Waals surface area contributed by atoms with E-state index in [1.807, 2.05) is 25.4 Å². The average Bonchev–Trinajstić information content (AvgIpc) is 3.17. The Labute approximate surface area is 133 Å². The van der Waals surface area contributed by atoms with Gasteiger partial charge >= 0.3 is 0 Å². The van der Waals surface area contributed by atoms with Crippen LogP contribution in [0.5, 0.6) is 0 Å². The van der Waals surface area contributed by atoms with E-state index in [0.717, 1.165) is 30.2 Å². The van der Waals surface area contributed by atoms with Gasteiger partial charge in [-0.25, -0.2) is 4.39 Å². The predicted molar refractivity (Wildman–Crippen MR) is 87.5 cm³/mol. The van der Waals surface area contributed by atoms with Crippen LogP contribution in [-0.4, -0.2) is 35.1 Å². The number of aliphatic imine (C=N–C) groups is 1. The Hall–Kier alpha value is -1.82. The van der Waals surface area contributed by atoms with Crippen molar-refractivity contribution >= 4 is 16.9 Å². The van der Waals surface area contributed by atoms with E-state index in [9.17, 15) is 4.39 Å². The number of nitrogens with zero attached hydrogens (tertiary/aromatic N) is 3. The Morgan fingerprint density at radius 2 is 2.32 bits per heavy atom. The molecule has 4 nitrogen and oxygen atoms in total. The third-order valence-electron chi connectivity index (χ3n) is 3.85. The van der Waals surface area contributed by atoms with E-state index in [1.165, 1.54) is 12.1 Å². The second kappa shape index (κ2) is 6.52. The topological polar surface area (TPSA) is 41.6 Å². The first-order valence-electron chi connectivity index (χ1n) is 7.23. The van der Waals surface area contributed by atoms with Crippen LogP contribution in [0, 0.1) is 5.82 Å². The summed E-state index contributed by atoms with van der Waals surface area (Å²) < 4.78 is 18.8. The highest BCUT2D eigenvalue weighted by Crippen LogP contribution is 2.35. The number of amidine groups is 1. The molecule has 0 N–H and O–H groups in total. The molecule has 1 atom stereocenters. The number of hydrogen-bond donors (Lipinski definition) is 0. The van der Waals surface area contributed by atoms with Crippen molar-refractivity contribution in [2.75, 3.05) is 19.8 Å². The second-order valence-corrected chi connectivity index (χ2v) is 5.96. The molecule has 2 aromatic rings. The van der Waals surface area contributed by atoms with Crippen molar-refractivity contribution in [1.82, 2.24) is 10.1 Å². The molecule has 0 bridgehead atoms. The zero-order valence-corrected chi connectivity index (χ0v) is 13.4. The van der Waals surface area contributed by atoms with E-state index in [-0.39, 0.29) is 11.9 Å². The molecule has 0 amide bonds. The molecule has 1 fully saturated rings. The molecule has 1 aromatic carbocycles. The lowest BCUT2D eigenvalue weighted by Gasteiger charge is -2.24. The summed E-state index contributed by atoms with van der Waals surface area (Å²) in [7, 11) is 1.81. The molecule has 1 aliphatic rings. The minimum atomic E-state index is -0.277. The van der Waals surface area contributed by atoms with Gasteiger partial charge in [-0.2, -0.15) is 0 Å². The van der Waals surface area contributed by atoms with Gasteiger partial charge in [0.15, 0.2) is 10.9 Å². The van der Waals surface area contributed by atoms with E-state index in [0.29, 0.717) is 11.3 Å². The summed E-state index contributed by atoms with van der Waals surface area (Å²) in [5, 5.41) is 5.21. The molecule has 0 saturated carbocycles. The Morgan fingerprint density at radius 3 is 3.05 bits per heavy atom. The normalized spacial score (nSPS) is 19.0. The molecule has 116 valence electrons. The minimum Gasteiger partial charge on any atom is -0.356 e. The first-order chi connectivity index (χ1) is 10.7. The van der Waals surface area contributed by atoms with Gasteiger partial charge in [-0.1, -0.05) is 29.1 Å². The van der Waals surface area contributed by atoms with Crippen molar-refractivity contribution in [2.45, 2.75) is 18.9 Å². The molecule has 0 spiro atoms. The number of halogens is 1. The monoisotopic (exact) mass is 319 g/mol. The number of thioether (sulfide) groups is 1. The van der Waals surface area contributed by atoms with Crippen LogP contribution in [0.4, 0.5) is 4.39 Å². The van der Waals surface area contributed by atoms with Crippen molar-refractivity contribution < 1.29 is 8.91 Å². The zero-order valence-electron chi connectivity index (χ0n) is 12.6. The second-order valence-electron chi connectivity index (χ2n) is 5.19. The maximum Gasteiger partial charge on any atom is 0.167 e. The molecule has 6 heteroatoms. The standard InChI is InChI=1S/C16H18FN3OS/c1-18-16(22-2)20-8-4-7-14(20)13-10-15(21-19-13)11-5-3-6-12(17)9-11/h3,5-6,9-10,14H,4,7-8H2,1-2H3/b18-16-/t14-/m1/s1. The van der Waals surface area contributed by atoms with Crippen LogP contribution in [0.15, 0.2) is 39.8 Å². The minimum absolute atomic E-state index is 0.178. The maximum atomic E-state index is 13.3. The van der Waals surface area contributed by atoms with Crippen LogP contribution in [0.1, 0.15) is 24.6 Å². The molecule has 0 radical (unpaired) electrons. The molecule has 1 saturated heterocycles. The molecule has 3 rings (SSSR count). The van der Waals surface area contributed by atoms with Gasteiger partial charge in [-0.3, -0.25) is 4.99 Å². The lowest BCUT2D eigenvalue weighted by Crippen LogP contribution is -2.28. The van der Waals surface area contributed by atoms with Crippen LogP contribution in [0.3, 0.4) is 0 Å². The maximum absolute atomic E-state index is 13.3. The van der Waals surface area contributed by atoms with E-state index in [4.69, 9.17) is 4.52 Å². The molecular weight excluding hydrogens is 301 g/mol. The fourth-order valence-electron chi connectivity index (χ4n) is 2.86. The number of hydrogen-bond acceptors (Lipinski definition) is 4. The molecule has 0 aliphatic carbocycles. The number of aromatic nitrogens is 1. The summed E-state index contributed by atoms with van der Waals surface area (Å²) >= 11 is 1.64. The molecule has 2 heterocycles. The van der Waals surface area contributed by atoms with Gasteiger partial charge in [0.2, 0.25) is 0 Å². The smallest absolute Gasteiger partial charge is 0.167 e. The van der Waals surface area contributed by atoms with Crippen molar-refractivity contribution in [3.63, 3.8) is 0 Å². The summed E-state index contributed by atoms with van der Waals surface area (Å²) in [6.07, 6.45) is 4.15. The van der Waals surface area contributed by atoms with Gasteiger partial charge in [0, 0.05) is 25.2 Å². The highest BCUT2D eigenvalue weighted by molar-refractivity contribution is 8.13. The number of likely N-dealkylation sites (tertiary alicyclic amines) is 1. The van der Waals surface area contributed by atoms with Crippen LogP contribution in [0.25, 0.3) is 11.3 Å². The van der Waals surface area contributed by atoms with Gasteiger partial charge in [0.05, 0.1) is 6.04 Å². The van der Waals surface area contributed by atoms with Crippen molar-refractivity contribution in [3.8, 4) is 11.3 Å². The van der Waals surface area contributed by atoms with Crippen molar-refractivity contribution in [2.24, 2.45) is 4.99 Å². The summed E-state index contributed by atoms with van der Waals surface area (Å²) in [5.74, 6) is 0.321. The highest BCUT2D eigenvalue weighted by Gasteiger charge is 2.30. The van der Waals surface area contributed by atoms with Crippen molar-refractivity contribution in [1.29, 1.82) is 0 Å². The van der Waals surface area contributed by atoms with Crippen molar-refractivity contribution in [3.05, 3.63) is 41.8 Å². The van der Waals surface area contributed by atoms with Gasteiger partial charge in [0.1, 0.15) is 11.5 Å². The van der Waals surface area contributed by atoms with Crippen LogP contribution >= 0.6 is 11.8 Å². The molecule has 22 heavy (non-hydrogen) atoms. The Balaban J connectivity index is 1.87. The predicted octanol–water partition coefficient (Wildman–Crippen LogP) is 3.97.